The van der Waals surface area contributed by atoms with Crippen molar-refractivity contribution in [2.75, 3.05) is 39.6 Å². The van der Waals surface area contributed by atoms with E-state index in [9.17, 15) is 9.59 Å². The van der Waals surface area contributed by atoms with Crippen molar-refractivity contribution < 1.29 is 45.0 Å². The molecule has 0 saturated heterocycles. The van der Waals surface area contributed by atoms with Gasteiger partial charge in [0.05, 0.1) is 33.0 Å². The predicted molar refractivity (Wildman–Crippen MR) is 88.3 cm³/mol. The molecule has 0 aromatic rings. The number of hydrogen-bond donors (Lipinski definition) is 6. The van der Waals surface area contributed by atoms with Crippen molar-refractivity contribution in [2.24, 2.45) is 10.8 Å². The maximum atomic E-state index is 11.0. The minimum Gasteiger partial charge on any atom is -0.481 e. The summed E-state index contributed by atoms with van der Waals surface area (Å²) in [7, 11) is 0. The molecule has 0 unspecified atom stereocenters. The molecule has 0 fully saturated rings. The lowest BCUT2D eigenvalue weighted by molar-refractivity contribution is -0.159. The fraction of sp³-hybridized carbons (Fsp3) is 0.867. The second-order valence-corrected chi connectivity index (χ2v) is 5.10. The van der Waals surface area contributed by atoms with Gasteiger partial charge in [-0.15, -0.1) is 0 Å². The second kappa shape index (κ2) is 16.6. The van der Waals surface area contributed by atoms with Crippen LogP contribution in [0.25, 0.3) is 0 Å². The van der Waals surface area contributed by atoms with Gasteiger partial charge in [-0.05, 0) is 27.7 Å². The highest BCUT2D eigenvalue weighted by Crippen LogP contribution is 2.16. The summed E-state index contributed by atoms with van der Waals surface area (Å²) in [6.45, 7) is 4.70. The van der Waals surface area contributed by atoms with E-state index in [1.165, 1.54) is 13.8 Å². The fourth-order valence-corrected chi connectivity index (χ4v) is 0.670. The minimum absolute atomic E-state index is 0. The van der Waals surface area contributed by atoms with Gasteiger partial charge in [-0.1, -0.05) is 7.43 Å². The van der Waals surface area contributed by atoms with Crippen LogP contribution in [0.5, 0.6) is 0 Å². The van der Waals surface area contributed by atoms with Crippen molar-refractivity contribution in [3.63, 3.8) is 0 Å². The molecule has 0 heterocycles. The van der Waals surface area contributed by atoms with Crippen LogP contribution < -0.4 is 0 Å². The van der Waals surface area contributed by atoms with Gasteiger partial charge < -0.3 is 35.4 Å². The number of carboxylic acid groups (broad SMARTS) is 1. The minimum atomic E-state index is -1.39. The van der Waals surface area contributed by atoms with Crippen molar-refractivity contribution in [2.45, 2.75) is 35.1 Å². The molecule has 0 saturated carbocycles. The maximum Gasteiger partial charge on any atom is 0.316 e. The van der Waals surface area contributed by atoms with Crippen LogP contribution in [0.15, 0.2) is 0 Å². The Balaban J connectivity index is -0.000000140. The molecule has 148 valence electrons. The third-order valence-corrected chi connectivity index (χ3v) is 2.68. The molecule has 0 aliphatic heterocycles. The van der Waals surface area contributed by atoms with E-state index in [1.807, 2.05) is 0 Å². The SMILES string of the molecule is C.CC(CO)(CO)C(=O)O.CCO.CCOC(=O)C(C)(CO)CO. The first-order valence-corrected chi connectivity index (χ1v) is 7.03. The third-order valence-electron chi connectivity index (χ3n) is 2.68. The van der Waals surface area contributed by atoms with Crippen LogP contribution in [-0.2, 0) is 14.3 Å². The lowest BCUT2D eigenvalue weighted by Crippen LogP contribution is -2.37. The molecule has 0 aromatic carbocycles. The Bertz CT molecular complexity index is 310. The Morgan fingerprint density at radius 2 is 1.12 bits per heavy atom. The van der Waals surface area contributed by atoms with Crippen molar-refractivity contribution in [3.8, 4) is 0 Å². The Morgan fingerprint density at radius 1 is 0.833 bits per heavy atom. The van der Waals surface area contributed by atoms with Crippen LogP contribution in [-0.4, -0.2) is 82.2 Å². The molecule has 9 heteroatoms. The zero-order valence-corrected chi connectivity index (χ0v) is 14.2. The number of aliphatic hydroxyl groups is 5. The number of carbonyl (C=O) groups is 2. The van der Waals surface area contributed by atoms with E-state index in [4.69, 9.17) is 30.6 Å². The van der Waals surface area contributed by atoms with E-state index in [2.05, 4.69) is 4.74 Å². The Labute approximate surface area is 143 Å². The lowest BCUT2D eigenvalue weighted by Gasteiger charge is -2.21. The van der Waals surface area contributed by atoms with Gasteiger partial charge in [-0.2, -0.15) is 0 Å². The molecular weight excluding hydrogens is 324 g/mol. The van der Waals surface area contributed by atoms with E-state index in [0.717, 1.165) is 0 Å². The molecule has 24 heavy (non-hydrogen) atoms. The maximum absolute atomic E-state index is 11.0. The number of rotatable bonds is 7. The molecule has 0 spiro atoms. The summed E-state index contributed by atoms with van der Waals surface area (Å²) in [4.78, 5) is 21.1. The molecule has 0 atom stereocenters. The largest absolute Gasteiger partial charge is 0.481 e. The average molecular weight is 358 g/mol. The zero-order valence-electron chi connectivity index (χ0n) is 14.2. The molecule has 6 N–H and O–H groups in total. The number of aliphatic hydroxyl groups excluding tert-OH is 5. The molecular formula is C15H34O9. The second-order valence-electron chi connectivity index (χ2n) is 5.10. The summed E-state index contributed by atoms with van der Waals surface area (Å²) in [6, 6.07) is 0. The van der Waals surface area contributed by atoms with Gasteiger partial charge in [-0.25, -0.2) is 0 Å². The number of ether oxygens (including phenoxy) is 1. The quantitative estimate of drug-likeness (QED) is 0.321. The highest BCUT2D eigenvalue weighted by Gasteiger charge is 2.33. The highest BCUT2D eigenvalue weighted by atomic mass is 16.5. The van der Waals surface area contributed by atoms with Gasteiger partial charge in [-0.3, -0.25) is 9.59 Å². The Kier molecular flexibility index (Phi) is 21.2. The molecule has 9 nitrogen and oxygen atoms in total. The monoisotopic (exact) mass is 358 g/mol. The van der Waals surface area contributed by atoms with Gasteiger partial charge in [0.25, 0.3) is 0 Å². The predicted octanol–water partition coefficient (Wildman–Crippen LogP) is -0.763. The number of carboxylic acids is 1. The van der Waals surface area contributed by atoms with Crippen molar-refractivity contribution in [3.05, 3.63) is 0 Å². The van der Waals surface area contributed by atoms with Gasteiger partial charge in [0.1, 0.15) is 10.8 Å². The summed E-state index contributed by atoms with van der Waals surface area (Å²) in [5, 5.41) is 50.2. The summed E-state index contributed by atoms with van der Waals surface area (Å²) in [5.41, 5.74) is -2.55. The first-order valence-electron chi connectivity index (χ1n) is 7.03. The first-order chi connectivity index (χ1) is 10.6. The summed E-state index contributed by atoms with van der Waals surface area (Å²) >= 11 is 0. The summed E-state index contributed by atoms with van der Waals surface area (Å²) < 4.78 is 4.63. The van der Waals surface area contributed by atoms with Crippen molar-refractivity contribution in [1.29, 1.82) is 0 Å². The highest BCUT2D eigenvalue weighted by molar-refractivity contribution is 5.76. The van der Waals surface area contributed by atoms with Crippen LogP contribution in [0.2, 0.25) is 0 Å². The van der Waals surface area contributed by atoms with Gasteiger partial charge >= 0.3 is 11.9 Å². The Morgan fingerprint density at radius 3 is 1.25 bits per heavy atom. The molecule has 0 aliphatic carbocycles. The Hall–Kier alpha value is -1.26. The normalized spacial score (nSPS) is 10.2. The average Bonchev–Trinajstić information content (AvgIpc) is 2.54. The smallest absolute Gasteiger partial charge is 0.316 e. The molecule has 0 aromatic heterocycles. The van der Waals surface area contributed by atoms with E-state index < -0.39 is 49.2 Å². The van der Waals surface area contributed by atoms with E-state index in [1.54, 1.807) is 13.8 Å². The van der Waals surface area contributed by atoms with Gasteiger partial charge in [0, 0.05) is 6.61 Å². The number of carbonyl (C=O) groups excluding carboxylic acids is 1. The molecule has 0 radical (unpaired) electrons. The van der Waals surface area contributed by atoms with Crippen LogP contribution >= 0.6 is 0 Å². The van der Waals surface area contributed by atoms with Gasteiger partial charge in [0.15, 0.2) is 0 Å². The number of esters is 1. The summed E-state index contributed by atoms with van der Waals surface area (Å²) in [5.74, 6) is -1.75. The molecule has 0 aliphatic rings. The molecule has 0 bridgehead atoms. The first kappa shape index (κ1) is 30.6. The lowest BCUT2D eigenvalue weighted by atomic mass is 9.93. The van der Waals surface area contributed by atoms with Crippen LogP contribution in [0, 0.1) is 10.8 Å². The van der Waals surface area contributed by atoms with Crippen LogP contribution in [0.1, 0.15) is 35.1 Å². The van der Waals surface area contributed by atoms with Crippen LogP contribution in [0.3, 0.4) is 0 Å². The van der Waals surface area contributed by atoms with Crippen molar-refractivity contribution in [1.82, 2.24) is 0 Å². The van der Waals surface area contributed by atoms with Crippen LogP contribution in [0.4, 0.5) is 0 Å². The zero-order chi connectivity index (χ0) is 19.1. The molecule has 0 amide bonds. The standard InChI is InChI=1S/C7H14O4.C5H10O4.C2H6O.CH4/c1-3-11-6(10)7(2,4-8)5-9;1-5(2-6,3-7)4(8)9;1-2-3;/h8-9H,3-5H2,1-2H3;6-7H,2-3H2,1H3,(H,8,9);3H,2H2,1H3;1H4. The number of hydrogen-bond acceptors (Lipinski definition) is 8. The topological polar surface area (TPSA) is 165 Å². The van der Waals surface area contributed by atoms with E-state index >= 15 is 0 Å². The van der Waals surface area contributed by atoms with E-state index in [-0.39, 0.29) is 20.6 Å². The summed E-state index contributed by atoms with van der Waals surface area (Å²) in [6.07, 6.45) is 0. The fourth-order valence-electron chi connectivity index (χ4n) is 0.670. The van der Waals surface area contributed by atoms with E-state index in [0.29, 0.717) is 0 Å². The molecule has 0 rings (SSSR count). The third kappa shape index (κ3) is 12.2. The van der Waals surface area contributed by atoms with Crippen molar-refractivity contribution >= 4 is 11.9 Å². The van der Waals surface area contributed by atoms with Gasteiger partial charge in [0.2, 0.25) is 0 Å². The number of aliphatic carboxylic acids is 1.